The van der Waals surface area contributed by atoms with Crippen LogP contribution in [0.25, 0.3) is 0 Å². The van der Waals surface area contributed by atoms with Crippen molar-refractivity contribution in [3.63, 3.8) is 0 Å². The van der Waals surface area contributed by atoms with E-state index in [1.807, 2.05) is 6.92 Å². The van der Waals surface area contributed by atoms with Gasteiger partial charge in [-0.2, -0.15) is 0 Å². The number of likely N-dealkylation sites (tertiary alicyclic amines) is 1. The molecule has 2 rings (SSSR count). The molecule has 2 heterocycles. The van der Waals surface area contributed by atoms with Gasteiger partial charge in [0.25, 0.3) is 5.91 Å². The molecule has 16 heavy (non-hydrogen) atoms. The Bertz CT molecular complexity index is 367. The molecular weight excluding hydrogens is 204 g/mol. The minimum atomic E-state index is -0.415. The second-order valence-electron chi connectivity index (χ2n) is 4.30. The van der Waals surface area contributed by atoms with Gasteiger partial charge >= 0.3 is 0 Å². The fraction of sp³-hybridized carbons (Fsp3) is 0.500. The number of rotatable bonds is 1. The summed E-state index contributed by atoms with van der Waals surface area (Å²) < 4.78 is 0. The summed E-state index contributed by atoms with van der Waals surface area (Å²) in [6.45, 7) is 3.12. The molecule has 1 saturated heterocycles. The molecule has 1 aromatic rings. The molecule has 0 aliphatic carbocycles. The number of β-amino-alcohol motifs (C(OH)–C–C–N with tert-alkyl or cyclic N) is 1. The van der Waals surface area contributed by atoms with Crippen molar-refractivity contribution in [2.45, 2.75) is 19.4 Å². The number of hydrogen-bond acceptors (Lipinski definition) is 3. The monoisotopic (exact) mass is 220 g/mol. The van der Waals surface area contributed by atoms with Crippen LogP contribution in [0, 0.1) is 5.92 Å². The zero-order chi connectivity index (χ0) is 11.5. The van der Waals surface area contributed by atoms with Gasteiger partial charge < -0.3 is 10.0 Å². The van der Waals surface area contributed by atoms with Crippen molar-refractivity contribution >= 4 is 5.91 Å². The van der Waals surface area contributed by atoms with E-state index in [2.05, 4.69) is 4.98 Å². The van der Waals surface area contributed by atoms with Crippen LogP contribution in [0.4, 0.5) is 0 Å². The van der Waals surface area contributed by atoms with Gasteiger partial charge in [-0.05, 0) is 24.5 Å². The van der Waals surface area contributed by atoms with Crippen molar-refractivity contribution in [2.75, 3.05) is 13.1 Å². The lowest BCUT2D eigenvalue weighted by Crippen LogP contribution is -2.46. The summed E-state index contributed by atoms with van der Waals surface area (Å²) in [6, 6.07) is 5.28. The number of carbonyl (C=O) groups excluding carboxylic acids is 1. The highest BCUT2D eigenvalue weighted by Gasteiger charge is 2.28. The number of aliphatic hydroxyl groups excluding tert-OH is 1. The molecule has 0 radical (unpaired) electrons. The number of pyridine rings is 1. The first-order chi connectivity index (χ1) is 7.68. The lowest BCUT2D eigenvalue weighted by molar-refractivity contribution is 0.0245. The van der Waals surface area contributed by atoms with E-state index in [1.165, 1.54) is 0 Å². The molecule has 1 aromatic heterocycles. The third-order valence-corrected chi connectivity index (χ3v) is 3.09. The van der Waals surface area contributed by atoms with Gasteiger partial charge in [-0.15, -0.1) is 0 Å². The first-order valence-electron chi connectivity index (χ1n) is 5.57. The Morgan fingerprint density at radius 1 is 1.56 bits per heavy atom. The predicted molar refractivity (Wildman–Crippen MR) is 59.9 cm³/mol. The van der Waals surface area contributed by atoms with Crippen LogP contribution in [0.5, 0.6) is 0 Å². The SMILES string of the molecule is CC1CCN(C(=O)c2ccccn2)CC1O. The van der Waals surface area contributed by atoms with E-state index in [4.69, 9.17) is 0 Å². The number of aliphatic hydroxyl groups is 1. The standard InChI is InChI=1S/C12H16N2O2/c1-9-5-7-14(8-11(9)15)12(16)10-4-2-3-6-13-10/h2-4,6,9,11,15H,5,7-8H2,1H3. The van der Waals surface area contributed by atoms with Crippen LogP contribution in [0.2, 0.25) is 0 Å². The minimum absolute atomic E-state index is 0.0912. The van der Waals surface area contributed by atoms with Gasteiger partial charge in [-0.3, -0.25) is 9.78 Å². The van der Waals surface area contributed by atoms with Crippen molar-refractivity contribution in [2.24, 2.45) is 5.92 Å². The molecule has 1 aliphatic heterocycles. The van der Waals surface area contributed by atoms with Gasteiger partial charge in [0.2, 0.25) is 0 Å². The van der Waals surface area contributed by atoms with Crippen LogP contribution < -0.4 is 0 Å². The quantitative estimate of drug-likeness (QED) is 0.765. The number of amides is 1. The maximum atomic E-state index is 12.0. The Hall–Kier alpha value is -1.42. The van der Waals surface area contributed by atoms with Crippen molar-refractivity contribution in [3.05, 3.63) is 30.1 Å². The zero-order valence-electron chi connectivity index (χ0n) is 9.34. The van der Waals surface area contributed by atoms with Crippen molar-refractivity contribution < 1.29 is 9.90 Å². The minimum Gasteiger partial charge on any atom is -0.391 e. The van der Waals surface area contributed by atoms with Crippen molar-refractivity contribution in [1.82, 2.24) is 9.88 Å². The summed E-state index contributed by atoms with van der Waals surface area (Å²) in [5.74, 6) is 0.180. The highest BCUT2D eigenvalue weighted by molar-refractivity contribution is 5.92. The summed E-state index contributed by atoms with van der Waals surface area (Å²) in [7, 11) is 0. The Morgan fingerprint density at radius 2 is 2.38 bits per heavy atom. The van der Waals surface area contributed by atoms with Gasteiger partial charge in [-0.1, -0.05) is 13.0 Å². The molecule has 2 unspecified atom stereocenters. The second-order valence-corrected chi connectivity index (χ2v) is 4.30. The molecule has 1 amide bonds. The van der Waals surface area contributed by atoms with Crippen LogP contribution in [0.3, 0.4) is 0 Å². The molecule has 1 N–H and O–H groups in total. The largest absolute Gasteiger partial charge is 0.391 e. The molecule has 0 aromatic carbocycles. The number of aromatic nitrogens is 1. The summed E-state index contributed by atoms with van der Waals surface area (Å²) in [5, 5.41) is 9.73. The van der Waals surface area contributed by atoms with E-state index in [0.29, 0.717) is 18.8 Å². The Labute approximate surface area is 94.9 Å². The third kappa shape index (κ3) is 2.22. The van der Waals surface area contributed by atoms with E-state index in [0.717, 1.165) is 6.42 Å². The normalized spacial score (nSPS) is 25.5. The molecule has 2 atom stereocenters. The van der Waals surface area contributed by atoms with Gasteiger partial charge in [-0.25, -0.2) is 0 Å². The predicted octanol–water partition coefficient (Wildman–Crippen LogP) is 0.924. The molecule has 1 aliphatic rings. The Kier molecular flexibility index (Phi) is 3.19. The summed E-state index contributed by atoms with van der Waals surface area (Å²) in [5.41, 5.74) is 0.448. The molecule has 0 spiro atoms. The van der Waals surface area contributed by atoms with Crippen LogP contribution >= 0.6 is 0 Å². The van der Waals surface area contributed by atoms with Gasteiger partial charge in [0, 0.05) is 19.3 Å². The highest BCUT2D eigenvalue weighted by Crippen LogP contribution is 2.18. The fourth-order valence-electron chi connectivity index (χ4n) is 1.88. The number of carbonyl (C=O) groups is 1. The molecule has 0 saturated carbocycles. The van der Waals surface area contributed by atoms with Gasteiger partial charge in [0.1, 0.15) is 5.69 Å². The van der Waals surface area contributed by atoms with Crippen LogP contribution in [0.1, 0.15) is 23.8 Å². The van der Waals surface area contributed by atoms with Gasteiger partial charge in [0.15, 0.2) is 0 Å². The third-order valence-electron chi connectivity index (χ3n) is 3.09. The smallest absolute Gasteiger partial charge is 0.272 e. The Balaban J connectivity index is 2.06. The zero-order valence-corrected chi connectivity index (χ0v) is 9.34. The summed E-state index contributed by atoms with van der Waals surface area (Å²) in [4.78, 5) is 17.7. The number of nitrogens with zero attached hydrogens (tertiary/aromatic N) is 2. The first-order valence-corrected chi connectivity index (χ1v) is 5.57. The second kappa shape index (κ2) is 4.61. The molecule has 4 nitrogen and oxygen atoms in total. The first kappa shape index (κ1) is 11.1. The highest BCUT2D eigenvalue weighted by atomic mass is 16.3. The lowest BCUT2D eigenvalue weighted by atomic mass is 9.96. The molecule has 1 fully saturated rings. The van der Waals surface area contributed by atoms with Crippen molar-refractivity contribution in [3.8, 4) is 0 Å². The molecule has 4 heteroatoms. The van der Waals surface area contributed by atoms with Gasteiger partial charge in [0.05, 0.1) is 6.10 Å². The van der Waals surface area contributed by atoms with Crippen LogP contribution in [0.15, 0.2) is 24.4 Å². The number of hydrogen-bond donors (Lipinski definition) is 1. The van der Waals surface area contributed by atoms with Crippen molar-refractivity contribution in [1.29, 1.82) is 0 Å². The van der Waals surface area contributed by atoms with E-state index in [1.54, 1.807) is 29.3 Å². The van der Waals surface area contributed by atoms with Crippen LogP contribution in [-0.2, 0) is 0 Å². The molecular formula is C12H16N2O2. The maximum absolute atomic E-state index is 12.0. The average Bonchev–Trinajstić information content (AvgIpc) is 2.33. The lowest BCUT2D eigenvalue weighted by Gasteiger charge is -2.34. The number of piperidine rings is 1. The summed E-state index contributed by atoms with van der Waals surface area (Å²) in [6.07, 6.45) is 2.04. The topological polar surface area (TPSA) is 53.4 Å². The fourth-order valence-corrected chi connectivity index (χ4v) is 1.88. The summed E-state index contributed by atoms with van der Waals surface area (Å²) >= 11 is 0. The average molecular weight is 220 g/mol. The molecule has 0 bridgehead atoms. The van der Waals surface area contributed by atoms with Crippen LogP contribution in [-0.4, -0.2) is 40.1 Å². The van der Waals surface area contributed by atoms with E-state index in [9.17, 15) is 9.90 Å². The maximum Gasteiger partial charge on any atom is 0.272 e. The van der Waals surface area contributed by atoms with E-state index >= 15 is 0 Å². The molecule has 86 valence electrons. The van der Waals surface area contributed by atoms with E-state index in [-0.39, 0.29) is 11.8 Å². The van der Waals surface area contributed by atoms with E-state index < -0.39 is 6.10 Å². The Morgan fingerprint density at radius 3 is 3.00 bits per heavy atom.